The minimum atomic E-state index is -0.741. The molecule has 1 unspecified atom stereocenters. The lowest BCUT2D eigenvalue weighted by atomic mass is 9.92. The molecule has 0 bridgehead atoms. The van der Waals surface area contributed by atoms with Gasteiger partial charge in [-0.25, -0.2) is 0 Å². The van der Waals surface area contributed by atoms with E-state index < -0.39 is 5.92 Å². The maximum Gasteiger partial charge on any atom is 0.154 e. The van der Waals surface area contributed by atoms with Crippen molar-refractivity contribution >= 4 is 11.5 Å². The van der Waals surface area contributed by atoms with Crippen LogP contribution in [0.3, 0.4) is 0 Å². The molecule has 0 saturated heterocycles. The van der Waals surface area contributed by atoms with Crippen LogP contribution in [0, 0.1) is 11.3 Å². The number of nitriles is 1. The third-order valence-corrected chi connectivity index (χ3v) is 4.82. The normalized spacial score (nSPS) is 11.4. The summed E-state index contributed by atoms with van der Waals surface area (Å²) >= 11 is 0. The van der Waals surface area contributed by atoms with Crippen LogP contribution in [0.2, 0.25) is 0 Å². The summed E-state index contributed by atoms with van der Waals surface area (Å²) < 4.78 is 0. The van der Waals surface area contributed by atoms with Crippen LogP contribution < -0.4 is 4.90 Å². The zero-order chi connectivity index (χ0) is 19.8. The third-order valence-electron chi connectivity index (χ3n) is 4.82. The molecule has 0 amide bonds. The molecule has 0 radical (unpaired) electrons. The van der Waals surface area contributed by atoms with Crippen LogP contribution >= 0.6 is 0 Å². The lowest BCUT2D eigenvalue weighted by Crippen LogP contribution is -2.25. The van der Waals surface area contributed by atoms with Crippen molar-refractivity contribution in [2.75, 3.05) is 4.90 Å². The first kappa shape index (κ1) is 19.4. The Labute approximate surface area is 166 Å². The molecule has 0 saturated carbocycles. The second kappa shape index (κ2) is 9.53. The summed E-state index contributed by atoms with van der Waals surface area (Å²) in [5.74, 6) is -0.787. The molecule has 1 atom stereocenters. The SMILES string of the molecule is CCC(=O)C(C#N)c1ccccc1N(Cc1ccccc1)Cc1ccccc1. The van der Waals surface area contributed by atoms with Crippen LogP contribution in [0.15, 0.2) is 84.9 Å². The number of carbonyl (C=O) groups is 1. The third kappa shape index (κ3) is 4.66. The van der Waals surface area contributed by atoms with E-state index in [4.69, 9.17) is 0 Å². The van der Waals surface area contributed by atoms with Gasteiger partial charge < -0.3 is 4.90 Å². The van der Waals surface area contributed by atoms with Crippen molar-refractivity contribution in [1.29, 1.82) is 5.26 Å². The molecule has 3 nitrogen and oxygen atoms in total. The number of Topliss-reactive ketones (excluding diaryl/α,β-unsaturated/α-hetero) is 1. The highest BCUT2D eigenvalue weighted by Crippen LogP contribution is 2.31. The van der Waals surface area contributed by atoms with Gasteiger partial charge in [0, 0.05) is 30.8 Å². The summed E-state index contributed by atoms with van der Waals surface area (Å²) in [6, 6.07) is 30.5. The van der Waals surface area contributed by atoms with Crippen LogP contribution in [0.5, 0.6) is 0 Å². The molecule has 0 heterocycles. The minimum Gasteiger partial charge on any atom is -0.363 e. The molecule has 0 aliphatic rings. The number of hydrogen-bond acceptors (Lipinski definition) is 3. The highest BCUT2D eigenvalue weighted by atomic mass is 16.1. The fraction of sp³-hybridized carbons (Fsp3) is 0.200. The Bertz CT molecular complexity index is 904. The van der Waals surface area contributed by atoms with Gasteiger partial charge in [-0.05, 0) is 17.2 Å². The first-order valence-corrected chi connectivity index (χ1v) is 9.57. The molecule has 0 aliphatic heterocycles. The average molecular weight is 368 g/mol. The van der Waals surface area contributed by atoms with Gasteiger partial charge in [-0.15, -0.1) is 0 Å². The number of nitrogens with zero attached hydrogens (tertiary/aromatic N) is 2. The molecule has 0 fully saturated rings. The van der Waals surface area contributed by atoms with Crippen LogP contribution in [0.4, 0.5) is 5.69 Å². The van der Waals surface area contributed by atoms with E-state index in [0.29, 0.717) is 19.5 Å². The Balaban J connectivity index is 2.02. The van der Waals surface area contributed by atoms with E-state index in [1.54, 1.807) is 6.92 Å². The Kier molecular flexibility index (Phi) is 6.59. The molecule has 3 heteroatoms. The zero-order valence-corrected chi connectivity index (χ0v) is 16.1. The van der Waals surface area contributed by atoms with Crippen LogP contribution in [0.25, 0.3) is 0 Å². The topological polar surface area (TPSA) is 44.1 Å². The molecular weight excluding hydrogens is 344 g/mol. The lowest BCUT2D eigenvalue weighted by Gasteiger charge is -2.28. The maximum atomic E-state index is 12.4. The van der Waals surface area contributed by atoms with E-state index >= 15 is 0 Å². The predicted octanol–water partition coefficient (Wildman–Crippen LogP) is 5.48. The van der Waals surface area contributed by atoms with E-state index in [-0.39, 0.29) is 5.78 Å². The number of rotatable bonds is 8. The Hall–Kier alpha value is -3.38. The molecule has 0 spiro atoms. The van der Waals surface area contributed by atoms with E-state index in [9.17, 15) is 10.1 Å². The smallest absolute Gasteiger partial charge is 0.154 e. The van der Waals surface area contributed by atoms with Crippen LogP contribution in [-0.2, 0) is 17.9 Å². The van der Waals surface area contributed by atoms with Crippen molar-refractivity contribution in [3.05, 3.63) is 102 Å². The summed E-state index contributed by atoms with van der Waals surface area (Å²) in [6.07, 6.45) is 0.351. The second-order valence-electron chi connectivity index (χ2n) is 6.77. The molecule has 3 aromatic carbocycles. The predicted molar refractivity (Wildman–Crippen MR) is 113 cm³/mol. The molecule has 28 heavy (non-hydrogen) atoms. The second-order valence-corrected chi connectivity index (χ2v) is 6.77. The summed E-state index contributed by atoms with van der Waals surface area (Å²) in [5, 5.41) is 9.68. The Morgan fingerprint density at radius 1 is 0.857 bits per heavy atom. The van der Waals surface area contributed by atoms with Gasteiger partial charge in [-0.2, -0.15) is 5.26 Å². The van der Waals surface area contributed by atoms with Gasteiger partial charge in [0.15, 0.2) is 5.78 Å². The van der Waals surface area contributed by atoms with Crippen LogP contribution in [-0.4, -0.2) is 5.78 Å². The van der Waals surface area contributed by atoms with Gasteiger partial charge in [-0.1, -0.05) is 85.8 Å². The number of para-hydroxylation sites is 1. The average Bonchev–Trinajstić information content (AvgIpc) is 2.75. The molecular formula is C25H24N2O. The van der Waals surface area contributed by atoms with Gasteiger partial charge in [0.05, 0.1) is 6.07 Å². The lowest BCUT2D eigenvalue weighted by molar-refractivity contribution is -0.119. The quantitative estimate of drug-likeness (QED) is 0.529. The molecule has 3 aromatic rings. The molecule has 0 aromatic heterocycles. The highest BCUT2D eigenvalue weighted by Gasteiger charge is 2.23. The first-order valence-electron chi connectivity index (χ1n) is 9.57. The van der Waals surface area contributed by atoms with E-state index in [0.717, 1.165) is 11.3 Å². The van der Waals surface area contributed by atoms with Crippen molar-refractivity contribution in [3.63, 3.8) is 0 Å². The standard InChI is InChI=1S/C25H24N2O/c1-2-25(28)23(17-26)22-15-9-10-16-24(22)27(18-20-11-5-3-6-12-20)19-21-13-7-4-8-14-21/h3-16,23H,2,18-19H2,1H3. The van der Waals surface area contributed by atoms with E-state index in [1.165, 1.54) is 11.1 Å². The largest absolute Gasteiger partial charge is 0.363 e. The van der Waals surface area contributed by atoms with Gasteiger partial charge in [0.25, 0.3) is 0 Å². The van der Waals surface area contributed by atoms with Crippen molar-refractivity contribution < 1.29 is 4.79 Å². The zero-order valence-electron chi connectivity index (χ0n) is 16.1. The summed E-state index contributed by atoms with van der Waals surface area (Å²) in [4.78, 5) is 14.6. The molecule has 0 N–H and O–H groups in total. The van der Waals surface area contributed by atoms with Gasteiger partial charge in [0.1, 0.15) is 5.92 Å². The van der Waals surface area contributed by atoms with Gasteiger partial charge in [0.2, 0.25) is 0 Å². The summed E-state index contributed by atoms with van der Waals surface area (Å²) in [7, 11) is 0. The van der Waals surface area contributed by atoms with Gasteiger partial charge in [-0.3, -0.25) is 4.79 Å². The monoisotopic (exact) mass is 368 g/mol. The maximum absolute atomic E-state index is 12.4. The van der Waals surface area contributed by atoms with Gasteiger partial charge >= 0.3 is 0 Å². The number of carbonyl (C=O) groups excluding carboxylic acids is 1. The Morgan fingerprint density at radius 3 is 1.86 bits per heavy atom. The fourth-order valence-electron chi connectivity index (χ4n) is 3.37. The molecule has 0 aliphatic carbocycles. The van der Waals surface area contributed by atoms with E-state index in [1.807, 2.05) is 60.7 Å². The molecule has 3 rings (SSSR count). The summed E-state index contributed by atoms with van der Waals surface area (Å²) in [6.45, 7) is 3.21. The van der Waals surface area contributed by atoms with Crippen molar-refractivity contribution in [2.24, 2.45) is 0 Å². The number of benzene rings is 3. The number of ketones is 1. The number of anilines is 1. The summed E-state index contributed by atoms with van der Waals surface area (Å²) in [5.41, 5.74) is 4.08. The van der Waals surface area contributed by atoms with Crippen LogP contribution in [0.1, 0.15) is 36.0 Å². The fourth-order valence-corrected chi connectivity index (χ4v) is 3.37. The highest BCUT2D eigenvalue weighted by molar-refractivity contribution is 5.90. The van der Waals surface area contributed by atoms with Crippen molar-refractivity contribution in [1.82, 2.24) is 0 Å². The van der Waals surface area contributed by atoms with Crippen molar-refractivity contribution in [3.8, 4) is 6.07 Å². The van der Waals surface area contributed by atoms with E-state index in [2.05, 4.69) is 35.2 Å². The Morgan fingerprint density at radius 2 is 1.36 bits per heavy atom. The first-order chi connectivity index (χ1) is 13.7. The molecule has 140 valence electrons. The number of hydrogen-bond donors (Lipinski definition) is 0. The minimum absolute atomic E-state index is 0.0469. The van der Waals surface area contributed by atoms with Crippen molar-refractivity contribution in [2.45, 2.75) is 32.4 Å².